The van der Waals surface area contributed by atoms with E-state index in [0.717, 1.165) is 0 Å². The minimum atomic E-state index is -0.272. The summed E-state index contributed by atoms with van der Waals surface area (Å²) >= 11 is 0. The van der Waals surface area contributed by atoms with E-state index in [1.54, 1.807) is 18.9 Å². The minimum absolute atomic E-state index is 0.0138. The van der Waals surface area contributed by atoms with Crippen molar-refractivity contribution < 1.29 is 10.0 Å². The molecule has 0 aromatic carbocycles. The van der Waals surface area contributed by atoms with Crippen LogP contribution in [0.5, 0.6) is 0 Å². The summed E-state index contributed by atoms with van der Waals surface area (Å²) in [5, 5.41) is 14.4. The van der Waals surface area contributed by atoms with Gasteiger partial charge in [0.15, 0.2) is 0 Å². The molecule has 16 heavy (non-hydrogen) atoms. The predicted octanol–water partition coefficient (Wildman–Crippen LogP) is -0.0322. The molecule has 0 heterocycles. The van der Waals surface area contributed by atoms with E-state index in [9.17, 15) is 4.79 Å². The highest BCUT2D eigenvalue weighted by atomic mass is 16.4. The lowest BCUT2D eigenvalue weighted by molar-refractivity contribution is -0.131. The van der Waals surface area contributed by atoms with Crippen LogP contribution in [0.4, 0.5) is 0 Å². The maximum Gasteiger partial charge on any atom is 0.239 e. The molecule has 2 atom stereocenters. The first-order chi connectivity index (χ1) is 7.42. The molecule has 6 heteroatoms. The fourth-order valence-electron chi connectivity index (χ4n) is 1.40. The molecule has 1 amide bonds. The summed E-state index contributed by atoms with van der Waals surface area (Å²) < 4.78 is 0. The quantitative estimate of drug-likeness (QED) is 0.258. The zero-order valence-corrected chi connectivity index (χ0v) is 10.4. The van der Waals surface area contributed by atoms with Gasteiger partial charge in [-0.05, 0) is 20.8 Å². The van der Waals surface area contributed by atoms with E-state index in [4.69, 9.17) is 10.9 Å². The monoisotopic (exact) mass is 230 g/mol. The Hall–Kier alpha value is -1.30. The second-order valence-corrected chi connectivity index (χ2v) is 3.94. The van der Waals surface area contributed by atoms with Crippen molar-refractivity contribution in [3.63, 3.8) is 0 Å². The van der Waals surface area contributed by atoms with Gasteiger partial charge in [-0.25, -0.2) is 0 Å². The Morgan fingerprint density at radius 3 is 2.56 bits per heavy atom. The van der Waals surface area contributed by atoms with Gasteiger partial charge in [-0.2, -0.15) is 0 Å². The number of likely N-dealkylation sites (N-methyl/N-ethyl adjacent to an activating group) is 1. The second kappa shape index (κ2) is 7.05. The van der Waals surface area contributed by atoms with E-state index in [0.29, 0.717) is 13.0 Å². The normalized spacial score (nSPS) is 15.6. The summed E-state index contributed by atoms with van der Waals surface area (Å²) in [6, 6.07) is -0.286. The molecular weight excluding hydrogens is 208 g/mol. The standard InChI is InChI=1S/C10H22N4O2/c1-5-14(4)10(15)8(3)12-7(2)6-9(11)13-16/h7-8,12,16H,5-6H2,1-4H3,(H2,11,13). The van der Waals surface area contributed by atoms with E-state index >= 15 is 0 Å². The van der Waals surface area contributed by atoms with Gasteiger partial charge in [-0.1, -0.05) is 5.16 Å². The van der Waals surface area contributed by atoms with Crippen LogP contribution in [0.2, 0.25) is 0 Å². The van der Waals surface area contributed by atoms with Gasteiger partial charge in [0, 0.05) is 26.1 Å². The number of nitrogens with two attached hydrogens (primary N) is 1. The molecular formula is C10H22N4O2. The second-order valence-electron chi connectivity index (χ2n) is 3.94. The van der Waals surface area contributed by atoms with Crippen LogP contribution in [0, 0.1) is 0 Å². The average molecular weight is 230 g/mol. The summed E-state index contributed by atoms with van der Waals surface area (Å²) in [4.78, 5) is 13.4. The van der Waals surface area contributed by atoms with Gasteiger partial charge < -0.3 is 21.2 Å². The van der Waals surface area contributed by atoms with Crippen molar-refractivity contribution in [3.8, 4) is 0 Å². The Morgan fingerprint density at radius 1 is 1.56 bits per heavy atom. The van der Waals surface area contributed by atoms with Crippen molar-refractivity contribution >= 4 is 11.7 Å². The van der Waals surface area contributed by atoms with E-state index in [1.165, 1.54) is 0 Å². The van der Waals surface area contributed by atoms with Gasteiger partial charge in [0.2, 0.25) is 5.91 Å². The molecule has 0 fully saturated rings. The third-order valence-corrected chi connectivity index (χ3v) is 2.40. The molecule has 0 radical (unpaired) electrons. The number of hydrogen-bond donors (Lipinski definition) is 3. The third kappa shape index (κ3) is 4.97. The Labute approximate surface area is 96.5 Å². The predicted molar refractivity (Wildman–Crippen MR) is 63.4 cm³/mol. The highest BCUT2D eigenvalue weighted by molar-refractivity contribution is 5.82. The molecule has 0 aliphatic heterocycles. The third-order valence-electron chi connectivity index (χ3n) is 2.40. The maximum absolute atomic E-state index is 11.7. The molecule has 0 saturated carbocycles. The Balaban J connectivity index is 4.13. The zero-order chi connectivity index (χ0) is 12.7. The van der Waals surface area contributed by atoms with Crippen molar-refractivity contribution in [2.45, 2.75) is 39.3 Å². The number of nitrogens with one attached hydrogen (secondary N) is 1. The smallest absolute Gasteiger partial charge is 0.239 e. The maximum atomic E-state index is 11.7. The Bertz CT molecular complexity index is 255. The summed E-state index contributed by atoms with van der Waals surface area (Å²) in [5.74, 6) is 0.192. The molecule has 6 nitrogen and oxygen atoms in total. The number of amides is 1. The summed E-state index contributed by atoms with van der Waals surface area (Å²) in [6.07, 6.45) is 0.407. The lowest BCUT2D eigenvalue weighted by atomic mass is 10.2. The molecule has 0 bridgehead atoms. The van der Waals surface area contributed by atoms with Crippen molar-refractivity contribution in [1.82, 2.24) is 10.2 Å². The molecule has 0 rings (SSSR count). The first kappa shape index (κ1) is 14.7. The zero-order valence-electron chi connectivity index (χ0n) is 10.4. The lowest BCUT2D eigenvalue weighted by Gasteiger charge is -2.23. The van der Waals surface area contributed by atoms with Crippen LogP contribution in [0.25, 0.3) is 0 Å². The van der Waals surface area contributed by atoms with Crippen LogP contribution in [-0.4, -0.2) is 47.5 Å². The van der Waals surface area contributed by atoms with Crippen molar-refractivity contribution in [1.29, 1.82) is 0 Å². The summed E-state index contributed by atoms with van der Waals surface area (Å²) in [6.45, 7) is 6.29. The first-order valence-electron chi connectivity index (χ1n) is 5.39. The summed E-state index contributed by atoms with van der Waals surface area (Å²) in [5.41, 5.74) is 5.38. The highest BCUT2D eigenvalue weighted by Gasteiger charge is 2.18. The number of nitrogens with zero attached hydrogens (tertiary/aromatic N) is 2. The molecule has 2 unspecified atom stereocenters. The number of amidine groups is 1. The molecule has 4 N–H and O–H groups in total. The molecule has 0 aliphatic rings. The number of oxime groups is 1. The van der Waals surface area contributed by atoms with Gasteiger partial charge in [0.1, 0.15) is 5.84 Å². The van der Waals surface area contributed by atoms with E-state index in [1.807, 2.05) is 13.8 Å². The van der Waals surface area contributed by atoms with Gasteiger partial charge >= 0.3 is 0 Å². The van der Waals surface area contributed by atoms with E-state index < -0.39 is 0 Å². The number of carbonyl (C=O) groups is 1. The lowest BCUT2D eigenvalue weighted by Crippen LogP contribution is -2.47. The van der Waals surface area contributed by atoms with Crippen LogP contribution in [-0.2, 0) is 4.79 Å². The van der Waals surface area contributed by atoms with Gasteiger partial charge in [0.25, 0.3) is 0 Å². The van der Waals surface area contributed by atoms with Crippen molar-refractivity contribution in [3.05, 3.63) is 0 Å². The number of carbonyl (C=O) groups excluding carboxylic acids is 1. The van der Waals surface area contributed by atoms with Crippen LogP contribution in [0.3, 0.4) is 0 Å². The number of rotatable bonds is 6. The molecule has 0 spiro atoms. The van der Waals surface area contributed by atoms with Crippen LogP contribution in [0.15, 0.2) is 5.16 Å². The van der Waals surface area contributed by atoms with Crippen LogP contribution >= 0.6 is 0 Å². The molecule has 0 aliphatic carbocycles. The fraction of sp³-hybridized carbons (Fsp3) is 0.800. The summed E-state index contributed by atoms with van der Waals surface area (Å²) in [7, 11) is 1.76. The molecule has 94 valence electrons. The molecule has 0 aromatic heterocycles. The Morgan fingerprint density at radius 2 is 2.12 bits per heavy atom. The first-order valence-corrected chi connectivity index (χ1v) is 5.39. The van der Waals surface area contributed by atoms with Gasteiger partial charge in [-0.15, -0.1) is 0 Å². The fourth-order valence-corrected chi connectivity index (χ4v) is 1.40. The molecule has 0 saturated heterocycles. The van der Waals surface area contributed by atoms with E-state index in [-0.39, 0.29) is 23.8 Å². The van der Waals surface area contributed by atoms with Crippen molar-refractivity contribution in [2.24, 2.45) is 10.9 Å². The number of hydrogen-bond acceptors (Lipinski definition) is 4. The SMILES string of the molecule is CCN(C)C(=O)C(C)NC(C)CC(N)=NO. The topological polar surface area (TPSA) is 91.0 Å². The molecule has 0 aromatic rings. The highest BCUT2D eigenvalue weighted by Crippen LogP contribution is 1.97. The average Bonchev–Trinajstić information content (AvgIpc) is 2.26. The Kier molecular flexibility index (Phi) is 6.48. The van der Waals surface area contributed by atoms with Crippen LogP contribution in [0.1, 0.15) is 27.2 Å². The van der Waals surface area contributed by atoms with Gasteiger partial charge in [-0.3, -0.25) is 4.79 Å². The largest absolute Gasteiger partial charge is 0.409 e. The van der Waals surface area contributed by atoms with Gasteiger partial charge in [0.05, 0.1) is 6.04 Å². The van der Waals surface area contributed by atoms with Crippen molar-refractivity contribution in [2.75, 3.05) is 13.6 Å². The van der Waals surface area contributed by atoms with Crippen LogP contribution < -0.4 is 11.1 Å². The minimum Gasteiger partial charge on any atom is -0.409 e. The van der Waals surface area contributed by atoms with E-state index in [2.05, 4.69) is 10.5 Å².